The monoisotopic (exact) mass is 529 g/mol. The summed E-state index contributed by atoms with van der Waals surface area (Å²) in [7, 11) is 1.63. The van der Waals surface area contributed by atoms with Gasteiger partial charge < -0.3 is 20.5 Å². The number of aliphatic carboxylic acids is 1. The van der Waals surface area contributed by atoms with Crippen LogP contribution in [0.2, 0.25) is 0 Å². The standard InChI is InChI=1S/C28H33F2N3O3S/c1-36-21-4-7-26-23(16-21)22(8-10-32-26)25(31)6-2-18-9-11-33(17-19(18)14-28(34)35)12-13-37-27-15-20(29)3-5-24(27)30/h3-5,7-8,10,15-16,18-19,25H,2,6,9,11-14,17,31H2,1H3,(H,34,35)/t18-,19+,25-/m1/s1. The van der Waals surface area contributed by atoms with E-state index in [0.29, 0.717) is 23.7 Å². The number of nitrogens with zero attached hydrogens (tertiary/aromatic N) is 2. The molecule has 3 N–H and O–H groups in total. The molecule has 1 saturated heterocycles. The molecule has 1 aromatic heterocycles. The van der Waals surface area contributed by atoms with Crippen LogP contribution in [0.4, 0.5) is 8.78 Å². The summed E-state index contributed by atoms with van der Waals surface area (Å²) in [5.74, 6) is -0.0495. The molecule has 0 saturated carbocycles. The van der Waals surface area contributed by atoms with Gasteiger partial charge in [-0.1, -0.05) is 0 Å². The van der Waals surface area contributed by atoms with Crippen LogP contribution in [0.15, 0.2) is 53.6 Å². The van der Waals surface area contributed by atoms with E-state index in [2.05, 4.69) is 9.88 Å². The Morgan fingerprint density at radius 2 is 2.08 bits per heavy atom. The number of carbonyl (C=O) groups is 1. The van der Waals surface area contributed by atoms with Crippen LogP contribution >= 0.6 is 11.8 Å². The first-order chi connectivity index (χ1) is 17.8. The zero-order valence-corrected chi connectivity index (χ0v) is 21.7. The van der Waals surface area contributed by atoms with E-state index in [9.17, 15) is 18.7 Å². The highest BCUT2D eigenvalue weighted by Crippen LogP contribution is 2.34. The van der Waals surface area contributed by atoms with Gasteiger partial charge in [-0.3, -0.25) is 9.78 Å². The van der Waals surface area contributed by atoms with Crippen LogP contribution in [-0.2, 0) is 4.79 Å². The molecule has 1 aliphatic rings. The molecule has 3 atom stereocenters. The minimum absolute atomic E-state index is 0.0173. The van der Waals surface area contributed by atoms with Crippen molar-refractivity contribution in [3.8, 4) is 5.75 Å². The highest BCUT2D eigenvalue weighted by molar-refractivity contribution is 7.99. The number of ether oxygens (including phenoxy) is 1. The third-order valence-corrected chi connectivity index (χ3v) is 8.21. The highest BCUT2D eigenvalue weighted by Gasteiger charge is 2.31. The maximum Gasteiger partial charge on any atom is 0.303 e. The van der Waals surface area contributed by atoms with Crippen LogP contribution in [0.1, 0.15) is 37.3 Å². The summed E-state index contributed by atoms with van der Waals surface area (Å²) in [6, 6.07) is 11.0. The zero-order chi connectivity index (χ0) is 26.4. The van der Waals surface area contributed by atoms with E-state index in [1.54, 1.807) is 13.3 Å². The molecular formula is C28H33F2N3O3S. The second-order valence-electron chi connectivity index (χ2n) is 9.60. The smallest absolute Gasteiger partial charge is 0.303 e. The van der Waals surface area contributed by atoms with Gasteiger partial charge in [0.25, 0.3) is 0 Å². The second kappa shape index (κ2) is 12.7. The van der Waals surface area contributed by atoms with Gasteiger partial charge in [-0.05, 0) is 85.7 Å². The van der Waals surface area contributed by atoms with E-state index in [1.807, 2.05) is 24.3 Å². The van der Waals surface area contributed by atoms with Gasteiger partial charge in [0.2, 0.25) is 0 Å². The Morgan fingerprint density at radius 3 is 2.86 bits per heavy atom. The van der Waals surface area contributed by atoms with Crippen molar-refractivity contribution < 1.29 is 23.4 Å². The number of halogens is 2. The first kappa shape index (κ1) is 27.3. The first-order valence-electron chi connectivity index (χ1n) is 12.5. The second-order valence-corrected chi connectivity index (χ2v) is 10.7. The lowest BCUT2D eigenvalue weighted by atomic mass is 9.79. The number of hydrogen-bond acceptors (Lipinski definition) is 6. The van der Waals surface area contributed by atoms with Crippen molar-refractivity contribution in [2.24, 2.45) is 17.6 Å². The van der Waals surface area contributed by atoms with Gasteiger partial charge >= 0.3 is 5.97 Å². The molecule has 1 aliphatic heterocycles. The van der Waals surface area contributed by atoms with Crippen LogP contribution < -0.4 is 10.5 Å². The Labute approximate surface area is 220 Å². The highest BCUT2D eigenvalue weighted by atomic mass is 32.2. The maximum absolute atomic E-state index is 13.9. The van der Waals surface area contributed by atoms with Crippen LogP contribution in [-0.4, -0.2) is 53.5 Å². The Kier molecular flexibility index (Phi) is 9.34. The predicted octanol–water partition coefficient (Wildman–Crippen LogP) is 5.51. The van der Waals surface area contributed by atoms with E-state index in [-0.39, 0.29) is 24.3 Å². The number of rotatable bonds is 11. The summed E-state index contributed by atoms with van der Waals surface area (Å²) in [4.78, 5) is 18.6. The minimum Gasteiger partial charge on any atom is -0.497 e. The third kappa shape index (κ3) is 7.18. The number of carboxylic acids is 1. The molecule has 0 amide bonds. The van der Waals surface area contributed by atoms with Crippen molar-refractivity contribution in [1.29, 1.82) is 0 Å². The van der Waals surface area contributed by atoms with Gasteiger partial charge in [-0.15, -0.1) is 11.8 Å². The summed E-state index contributed by atoms with van der Waals surface area (Å²) in [5, 5.41) is 10.5. The number of thioether (sulfide) groups is 1. The van der Waals surface area contributed by atoms with Crippen LogP contribution in [0.5, 0.6) is 5.75 Å². The number of benzene rings is 2. The molecule has 37 heavy (non-hydrogen) atoms. The molecule has 1 fully saturated rings. The van der Waals surface area contributed by atoms with Crippen molar-refractivity contribution in [2.75, 3.05) is 32.5 Å². The molecule has 2 aromatic carbocycles. The van der Waals surface area contributed by atoms with Crippen molar-refractivity contribution in [1.82, 2.24) is 9.88 Å². The molecule has 6 nitrogen and oxygen atoms in total. The average Bonchev–Trinajstić information content (AvgIpc) is 2.89. The van der Waals surface area contributed by atoms with Crippen LogP contribution in [0, 0.1) is 23.5 Å². The fraction of sp³-hybridized carbons (Fsp3) is 0.429. The predicted molar refractivity (Wildman–Crippen MR) is 142 cm³/mol. The number of aromatic nitrogens is 1. The quantitative estimate of drug-likeness (QED) is 0.317. The number of likely N-dealkylation sites (tertiary alicyclic amines) is 1. The Hall–Kier alpha value is -2.75. The fourth-order valence-corrected chi connectivity index (χ4v) is 6.18. The molecule has 0 radical (unpaired) electrons. The van der Waals surface area contributed by atoms with Gasteiger partial charge in [-0.2, -0.15) is 0 Å². The summed E-state index contributed by atoms with van der Waals surface area (Å²) in [6.45, 7) is 2.21. The zero-order valence-electron chi connectivity index (χ0n) is 20.9. The lowest BCUT2D eigenvalue weighted by Gasteiger charge is -2.38. The van der Waals surface area contributed by atoms with Gasteiger partial charge in [-0.25, -0.2) is 8.78 Å². The van der Waals surface area contributed by atoms with Gasteiger partial charge in [0, 0.05) is 47.8 Å². The fourth-order valence-electron chi connectivity index (χ4n) is 5.21. The number of piperidine rings is 1. The van der Waals surface area contributed by atoms with Crippen molar-refractivity contribution in [2.45, 2.75) is 36.6 Å². The molecule has 0 unspecified atom stereocenters. The Morgan fingerprint density at radius 1 is 1.24 bits per heavy atom. The molecule has 0 spiro atoms. The summed E-state index contributed by atoms with van der Waals surface area (Å²) < 4.78 is 32.7. The van der Waals surface area contributed by atoms with Crippen LogP contribution in [0.3, 0.4) is 0 Å². The number of hydrogen-bond donors (Lipinski definition) is 2. The number of nitrogens with two attached hydrogens (primary N) is 1. The Balaban J connectivity index is 1.35. The van der Waals surface area contributed by atoms with E-state index in [0.717, 1.165) is 60.2 Å². The Bertz CT molecular complexity index is 1230. The number of methoxy groups -OCH3 is 1. The van der Waals surface area contributed by atoms with E-state index >= 15 is 0 Å². The van der Waals surface area contributed by atoms with Crippen LogP contribution in [0.25, 0.3) is 10.9 Å². The van der Waals surface area contributed by atoms with E-state index < -0.39 is 17.6 Å². The molecule has 3 aromatic rings. The summed E-state index contributed by atoms with van der Waals surface area (Å²) in [6.07, 6.45) is 4.34. The van der Waals surface area contributed by atoms with E-state index in [4.69, 9.17) is 10.5 Å². The van der Waals surface area contributed by atoms with Gasteiger partial charge in [0.05, 0.1) is 12.6 Å². The lowest BCUT2D eigenvalue weighted by Crippen LogP contribution is -2.42. The minimum atomic E-state index is -0.801. The number of fused-ring (bicyclic) bond motifs is 1. The van der Waals surface area contributed by atoms with Crippen molar-refractivity contribution in [3.63, 3.8) is 0 Å². The van der Waals surface area contributed by atoms with E-state index in [1.165, 1.54) is 17.8 Å². The lowest BCUT2D eigenvalue weighted by molar-refractivity contribution is -0.139. The van der Waals surface area contributed by atoms with Gasteiger partial charge in [0.15, 0.2) is 0 Å². The molecule has 2 heterocycles. The van der Waals surface area contributed by atoms with Crippen molar-refractivity contribution in [3.05, 3.63) is 65.9 Å². The summed E-state index contributed by atoms with van der Waals surface area (Å²) >= 11 is 1.28. The largest absolute Gasteiger partial charge is 0.497 e. The normalized spacial score (nSPS) is 19.1. The third-order valence-electron chi connectivity index (χ3n) is 7.20. The molecule has 9 heteroatoms. The first-order valence-corrected chi connectivity index (χ1v) is 13.5. The molecule has 0 aliphatic carbocycles. The molecular weight excluding hydrogens is 496 g/mol. The van der Waals surface area contributed by atoms with Gasteiger partial charge in [0.1, 0.15) is 17.4 Å². The molecule has 0 bridgehead atoms. The van der Waals surface area contributed by atoms with Crippen molar-refractivity contribution >= 4 is 28.6 Å². The maximum atomic E-state index is 13.9. The topological polar surface area (TPSA) is 88.7 Å². The SMILES string of the molecule is COc1ccc2nccc([C@H](N)CC[C@@H]3CCN(CCSc4cc(F)ccc4F)C[C@@H]3CC(=O)O)c2c1. The molecule has 198 valence electrons. The summed E-state index contributed by atoms with van der Waals surface area (Å²) in [5.41, 5.74) is 8.51. The number of pyridine rings is 1. The molecule has 4 rings (SSSR count). The number of carboxylic acid groups (broad SMARTS) is 1. The average molecular weight is 530 g/mol.